The van der Waals surface area contributed by atoms with Gasteiger partial charge in [-0.05, 0) is 22.3 Å². The predicted octanol–water partition coefficient (Wildman–Crippen LogP) is 3.42. The van der Waals surface area contributed by atoms with E-state index in [0.29, 0.717) is 0 Å². The molecule has 1 amide bonds. The number of Topliss-reactive ketones (excluding diaryl/α,β-unsaturated/α-hetero) is 1. The van der Waals surface area contributed by atoms with Crippen LogP contribution in [0.2, 0.25) is 0 Å². The van der Waals surface area contributed by atoms with E-state index in [9.17, 15) is 14.4 Å². The first-order valence-electron chi connectivity index (χ1n) is 8.82. The van der Waals surface area contributed by atoms with Crippen molar-refractivity contribution >= 4 is 33.8 Å². The van der Waals surface area contributed by atoms with Gasteiger partial charge in [-0.25, -0.2) is 9.59 Å². The lowest BCUT2D eigenvalue weighted by molar-refractivity contribution is -0.144. The molecule has 1 aliphatic rings. The minimum atomic E-state index is -1.08. The topological polar surface area (TPSA) is 81.7 Å². The Labute approximate surface area is 171 Å². The van der Waals surface area contributed by atoms with E-state index in [1.165, 1.54) is 7.11 Å². The smallest absolute Gasteiger partial charge is 0.407 e. The molecule has 0 spiro atoms. The van der Waals surface area contributed by atoms with Crippen molar-refractivity contribution in [1.82, 2.24) is 5.32 Å². The van der Waals surface area contributed by atoms with Crippen LogP contribution in [0.15, 0.2) is 48.5 Å². The third kappa shape index (κ3) is 4.25. The molecule has 0 saturated heterocycles. The minimum Gasteiger partial charge on any atom is -0.467 e. The average molecular weight is 446 g/mol. The summed E-state index contributed by atoms with van der Waals surface area (Å²) in [6.07, 6.45) is -0.929. The number of hydrogen-bond acceptors (Lipinski definition) is 5. The summed E-state index contributed by atoms with van der Waals surface area (Å²) in [5.41, 5.74) is 4.44. The zero-order valence-electron chi connectivity index (χ0n) is 15.3. The SMILES string of the molecule is COC(=O)C(CC(=O)CBr)NC(=O)OCC1c2ccccc2-c2ccccc21. The number of carbonyl (C=O) groups is 3. The highest BCUT2D eigenvalue weighted by atomic mass is 79.9. The minimum absolute atomic E-state index is 0.0844. The van der Waals surface area contributed by atoms with Crippen LogP contribution in [0.25, 0.3) is 11.1 Å². The van der Waals surface area contributed by atoms with Crippen molar-refractivity contribution in [3.63, 3.8) is 0 Å². The Balaban J connectivity index is 1.69. The van der Waals surface area contributed by atoms with Gasteiger partial charge >= 0.3 is 12.1 Å². The molecule has 0 radical (unpaired) electrons. The number of ketones is 1. The Hall–Kier alpha value is -2.67. The summed E-state index contributed by atoms with van der Waals surface area (Å²) in [7, 11) is 1.20. The van der Waals surface area contributed by atoms with Gasteiger partial charge in [0, 0.05) is 12.3 Å². The van der Waals surface area contributed by atoms with Gasteiger partial charge in [0.1, 0.15) is 18.4 Å². The fourth-order valence-electron chi connectivity index (χ4n) is 3.40. The Morgan fingerprint density at radius 1 is 1.04 bits per heavy atom. The van der Waals surface area contributed by atoms with Gasteiger partial charge in [0.2, 0.25) is 0 Å². The number of fused-ring (bicyclic) bond motifs is 3. The van der Waals surface area contributed by atoms with Gasteiger partial charge in [-0.2, -0.15) is 0 Å². The number of alkyl carbamates (subject to hydrolysis) is 1. The second-order valence-corrected chi connectivity index (χ2v) is 6.98. The molecule has 0 aromatic heterocycles. The quantitative estimate of drug-likeness (QED) is 0.521. The molecule has 1 unspecified atom stereocenters. The number of alkyl halides is 1. The van der Waals surface area contributed by atoms with E-state index in [1.54, 1.807) is 0 Å². The van der Waals surface area contributed by atoms with Crippen molar-refractivity contribution < 1.29 is 23.9 Å². The van der Waals surface area contributed by atoms with Gasteiger partial charge in [0.25, 0.3) is 0 Å². The van der Waals surface area contributed by atoms with Gasteiger partial charge in [-0.3, -0.25) is 4.79 Å². The molecule has 3 rings (SSSR count). The van der Waals surface area contributed by atoms with Crippen LogP contribution < -0.4 is 5.32 Å². The van der Waals surface area contributed by atoms with Crippen LogP contribution in [0.4, 0.5) is 4.79 Å². The molecule has 0 aliphatic heterocycles. The Morgan fingerprint density at radius 2 is 1.61 bits per heavy atom. The normalized spacial score (nSPS) is 13.2. The second kappa shape index (κ2) is 9.01. The van der Waals surface area contributed by atoms with E-state index in [4.69, 9.17) is 4.74 Å². The van der Waals surface area contributed by atoms with Crippen LogP contribution in [0, 0.1) is 0 Å². The summed E-state index contributed by atoms with van der Waals surface area (Å²) in [6, 6.07) is 14.9. The van der Waals surface area contributed by atoms with Crippen LogP contribution in [-0.2, 0) is 19.1 Å². The Morgan fingerprint density at radius 3 is 2.14 bits per heavy atom. The molecule has 1 atom stereocenters. The van der Waals surface area contributed by atoms with E-state index >= 15 is 0 Å². The highest BCUT2D eigenvalue weighted by Gasteiger charge is 2.30. The number of esters is 1. The first-order valence-corrected chi connectivity index (χ1v) is 9.94. The molecular weight excluding hydrogens is 426 g/mol. The number of nitrogens with one attached hydrogen (secondary N) is 1. The lowest BCUT2D eigenvalue weighted by Gasteiger charge is -2.18. The lowest BCUT2D eigenvalue weighted by atomic mass is 9.98. The molecule has 2 aromatic carbocycles. The van der Waals surface area contributed by atoms with Crippen LogP contribution in [0.3, 0.4) is 0 Å². The van der Waals surface area contributed by atoms with Crippen molar-refractivity contribution in [3.8, 4) is 11.1 Å². The molecule has 146 valence electrons. The van der Waals surface area contributed by atoms with Gasteiger partial charge in [0.05, 0.1) is 12.4 Å². The molecule has 7 heteroatoms. The maximum absolute atomic E-state index is 12.3. The molecule has 6 nitrogen and oxygen atoms in total. The molecule has 28 heavy (non-hydrogen) atoms. The monoisotopic (exact) mass is 445 g/mol. The number of methoxy groups -OCH3 is 1. The van der Waals surface area contributed by atoms with Crippen molar-refractivity contribution in [2.45, 2.75) is 18.4 Å². The second-order valence-electron chi connectivity index (χ2n) is 6.42. The number of benzene rings is 2. The van der Waals surface area contributed by atoms with Crippen LogP contribution in [0.5, 0.6) is 0 Å². The number of halogens is 1. The van der Waals surface area contributed by atoms with Crippen LogP contribution in [-0.4, -0.2) is 42.9 Å². The maximum Gasteiger partial charge on any atom is 0.407 e. The highest BCUT2D eigenvalue weighted by Crippen LogP contribution is 2.44. The van der Waals surface area contributed by atoms with E-state index in [2.05, 4.69) is 26.0 Å². The fourth-order valence-corrected chi connectivity index (χ4v) is 3.63. The lowest BCUT2D eigenvalue weighted by Crippen LogP contribution is -2.43. The number of carbonyl (C=O) groups excluding carboxylic acids is 3. The summed E-state index contributed by atoms with van der Waals surface area (Å²) < 4.78 is 10.1. The molecular formula is C21H20BrNO5. The van der Waals surface area contributed by atoms with Gasteiger partial charge in [-0.1, -0.05) is 64.5 Å². The van der Waals surface area contributed by atoms with Crippen molar-refractivity contribution in [2.75, 3.05) is 19.0 Å². The van der Waals surface area contributed by atoms with Gasteiger partial charge in [-0.15, -0.1) is 0 Å². The summed E-state index contributed by atoms with van der Waals surface area (Å²) in [5.74, 6) is -1.00. The van der Waals surface area contributed by atoms with E-state index in [0.717, 1.165) is 22.3 Å². The zero-order chi connectivity index (χ0) is 20.1. The maximum atomic E-state index is 12.3. The predicted molar refractivity (Wildman–Crippen MR) is 107 cm³/mol. The first kappa shape index (κ1) is 20.1. The Kier molecular flexibility index (Phi) is 6.46. The summed E-state index contributed by atoms with van der Waals surface area (Å²) in [4.78, 5) is 35.7. The van der Waals surface area contributed by atoms with Crippen molar-refractivity contribution in [2.24, 2.45) is 0 Å². The highest BCUT2D eigenvalue weighted by molar-refractivity contribution is 9.09. The summed E-state index contributed by atoms with van der Waals surface area (Å²) in [6.45, 7) is 0.125. The fraction of sp³-hybridized carbons (Fsp3) is 0.286. The number of ether oxygens (including phenoxy) is 2. The molecule has 1 aliphatic carbocycles. The van der Waals surface area contributed by atoms with Crippen molar-refractivity contribution in [1.29, 1.82) is 0 Å². The Bertz CT molecular complexity index is 852. The molecule has 0 fully saturated rings. The third-order valence-electron chi connectivity index (χ3n) is 4.70. The van der Waals surface area contributed by atoms with E-state index in [-0.39, 0.29) is 30.1 Å². The van der Waals surface area contributed by atoms with E-state index in [1.807, 2.05) is 48.5 Å². The number of amides is 1. The molecule has 2 aromatic rings. The summed E-state index contributed by atoms with van der Waals surface area (Å²) in [5, 5.41) is 2.52. The number of hydrogen-bond donors (Lipinski definition) is 1. The van der Waals surface area contributed by atoms with Crippen LogP contribution in [0.1, 0.15) is 23.5 Å². The summed E-state index contributed by atoms with van der Waals surface area (Å²) >= 11 is 3.04. The van der Waals surface area contributed by atoms with Crippen molar-refractivity contribution in [3.05, 3.63) is 59.7 Å². The molecule has 1 N–H and O–H groups in total. The molecule has 0 saturated carbocycles. The average Bonchev–Trinajstić information content (AvgIpc) is 3.05. The largest absolute Gasteiger partial charge is 0.467 e. The number of rotatable bonds is 7. The standard InChI is InChI=1S/C21H20BrNO5/c1-27-20(25)19(10-13(24)11-22)23-21(26)28-12-18-16-8-4-2-6-14(16)15-7-3-5-9-17(15)18/h2-9,18-19H,10-12H2,1H3,(H,23,26). The van der Waals surface area contributed by atoms with Gasteiger partial charge < -0.3 is 14.8 Å². The first-order chi connectivity index (χ1) is 13.5. The van der Waals surface area contributed by atoms with E-state index < -0.39 is 18.1 Å². The zero-order valence-corrected chi connectivity index (χ0v) is 16.9. The van der Waals surface area contributed by atoms with Gasteiger partial charge in [0.15, 0.2) is 0 Å². The third-order valence-corrected chi connectivity index (χ3v) is 5.33. The molecule has 0 heterocycles. The van der Waals surface area contributed by atoms with Crippen LogP contribution >= 0.6 is 15.9 Å². The molecule has 0 bridgehead atoms.